The summed E-state index contributed by atoms with van der Waals surface area (Å²) in [5.41, 5.74) is 1.61. The van der Waals surface area contributed by atoms with Gasteiger partial charge < -0.3 is 20.1 Å². The largest absolute Gasteiger partial charge is 0.495 e. The van der Waals surface area contributed by atoms with Crippen molar-refractivity contribution >= 4 is 79.7 Å². The van der Waals surface area contributed by atoms with Crippen molar-refractivity contribution in [2.24, 2.45) is 0 Å². The highest BCUT2D eigenvalue weighted by molar-refractivity contribution is 9.10. The molecule has 0 atom stereocenters. The standard InChI is InChI=1S/C27H21BrClN3O6S/c1-37-22-5-3-2-4-21(22)31-25(34)15-38-18-9-6-16(7-10-18)12-23-26(35)32(27(36)39-23)14-24(33)30-17-8-11-19(28)20(29)13-17/h2-13H,14-15H2,1H3,(H,30,33)(H,31,34)/b23-12-. The quantitative estimate of drug-likeness (QED) is 0.287. The Kier molecular flexibility index (Phi) is 9.28. The van der Waals surface area contributed by atoms with Crippen LogP contribution in [-0.2, 0) is 14.4 Å². The second-order valence-corrected chi connectivity index (χ2v) is 10.3. The summed E-state index contributed by atoms with van der Waals surface area (Å²) in [5.74, 6) is -0.477. The molecule has 0 bridgehead atoms. The first-order valence-electron chi connectivity index (χ1n) is 11.4. The first-order valence-corrected chi connectivity index (χ1v) is 13.4. The van der Waals surface area contributed by atoms with Crippen LogP contribution in [0.4, 0.5) is 16.2 Å². The number of thioether (sulfide) groups is 1. The van der Waals surface area contributed by atoms with E-state index in [0.29, 0.717) is 37.9 Å². The monoisotopic (exact) mass is 629 g/mol. The van der Waals surface area contributed by atoms with Gasteiger partial charge in [-0.1, -0.05) is 35.9 Å². The van der Waals surface area contributed by atoms with E-state index in [1.54, 1.807) is 72.8 Å². The fraction of sp³-hybridized carbons (Fsp3) is 0.111. The van der Waals surface area contributed by atoms with Crippen molar-refractivity contribution in [1.29, 1.82) is 0 Å². The van der Waals surface area contributed by atoms with Crippen LogP contribution in [0.3, 0.4) is 0 Å². The molecule has 1 saturated heterocycles. The SMILES string of the molecule is COc1ccccc1NC(=O)COc1ccc(/C=C2\SC(=O)N(CC(=O)Nc3ccc(Br)c(Cl)c3)C2=O)cc1. The van der Waals surface area contributed by atoms with Crippen LogP contribution in [0.5, 0.6) is 11.5 Å². The van der Waals surface area contributed by atoms with Gasteiger partial charge in [-0.25, -0.2) is 0 Å². The van der Waals surface area contributed by atoms with Gasteiger partial charge in [-0.2, -0.15) is 0 Å². The summed E-state index contributed by atoms with van der Waals surface area (Å²) in [5, 5.41) is 5.21. The van der Waals surface area contributed by atoms with Gasteiger partial charge in [0.15, 0.2) is 6.61 Å². The van der Waals surface area contributed by atoms with E-state index in [1.807, 2.05) is 0 Å². The first-order chi connectivity index (χ1) is 18.7. The Bertz CT molecular complexity index is 1460. The molecular weight excluding hydrogens is 610 g/mol. The second kappa shape index (κ2) is 12.8. The smallest absolute Gasteiger partial charge is 0.294 e. The van der Waals surface area contributed by atoms with E-state index in [2.05, 4.69) is 26.6 Å². The van der Waals surface area contributed by atoms with Crippen LogP contribution in [0.2, 0.25) is 5.02 Å². The zero-order valence-electron chi connectivity index (χ0n) is 20.4. The molecule has 4 rings (SSSR count). The van der Waals surface area contributed by atoms with E-state index in [9.17, 15) is 19.2 Å². The number of amides is 4. The Balaban J connectivity index is 1.31. The highest BCUT2D eigenvalue weighted by Gasteiger charge is 2.36. The van der Waals surface area contributed by atoms with Gasteiger partial charge in [-0.15, -0.1) is 0 Å². The van der Waals surface area contributed by atoms with Crippen LogP contribution in [0, 0.1) is 0 Å². The predicted molar refractivity (Wildman–Crippen MR) is 154 cm³/mol. The average molecular weight is 631 g/mol. The molecule has 3 aromatic carbocycles. The van der Waals surface area contributed by atoms with Crippen LogP contribution < -0.4 is 20.1 Å². The third kappa shape index (κ3) is 7.41. The molecule has 1 fully saturated rings. The molecule has 12 heteroatoms. The lowest BCUT2D eigenvalue weighted by Crippen LogP contribution is -2.36. The number of anilines is 2. The molecule has 1 heterocycles. The normalized spacial score (nSPS) is 13.9. The van der Waals surface area contributed by atoms with E-state index in [1.165, 1.54) is 7.11 Å². The fourth-order valence-corrected chi connectivity index (χ4v) is 4.71. The number of nitrogens with zero attached hydrogens (tertiary/aromatic N) is 1. The first kappa shape index (κ1) is 28.2. The maximum Gasteiger partial charge on any atom is 0.294 e. The summed E-state index contributed by atoms with van der Waals surface area (Å²) in [6, 6.07) is 18.6. The third-order valence-electron chi connectivity index (χ3n) is 5.31. The molecule has 2 N–H and O–H groups in total. The van der Waals surface area contributed by atoms with Gasteiger partial charge in [-0.05, 0) is 81.8 Å². The Morgan fingerprint density at radius 2 is 1.77 bits per heavy atom. The van der Waals surface area contributed by atoms with Crippen LogP contribution >= 0.6 is 39.3 Å². The highest BCUT2D eigenvalue weighted by atomic mass is 79.9. The van der Waals surface area contributed by atoms with Crippen molar-refractivity contribution in [2.45, 2.75) is 0 Å². The fourth-order valence-electron chi connectivity index (χ4n) is 3.45. The summed E-state index contributed by atoms with van der Waals surface area (Å²) < 4.78 is 11.4. The Hall–Kier alpha value is -3.80. The number of halogens is 2. The molecular formula is C27H21BrClN3O6S. The summed E-state index contributed by atoms with van der Waals surface area (Å²) in [6.45, 7) is -0.649. The molecule has 0 radical (unpaired) electrons. The van der Waals surface area contributed by atoms with Crippen molar-refractivity contribution in [1.82, 2.24) is 4.90 Å². The number of hydrogen-bond donors (Lipinski definition) is 2. The summed E-state index contributed by atoms with van der Waals surface area (Å²) in [6.07, 6.45) is 1.55. The molecule has 1 aliphatic heterocycles. The minimum absolute atomic E-state index is 0.185. The van der Waals surface area contributed by atoms with Gasteiger partial charge >= 0.3 is 0 Å². The minimum Gasteiger partial charge on any atom is -0.495 e. The summed E-state index contributed by atoms with van der Waals surface area (Å²) in [4.78, 5) is 50.9. The molecule has 0 spiro atoms. The molecule has 9 nitrogen and oxygen atoms in total. The predicted octanol–water partition coefficient (Wildman–Crippen LogP) is 5.80. The number of carbonyl (C=O) groups is 4. The number of rotatable bonds is 9. The molecule has 0 aliphatic carbocycles. The van der Waals surface area contributed by atoms with Crippen molar-refractivity contribution in [2.75, 3.05) is 30.9 Å². The lowest BCUT2D eigenvalue weighted by molar-refractivity contribution is -0.127. The number of benzene rings is 3. The number of methoxy groups -OCH3 is 1. The average Bonchev–Trinajstić information content (AvgIpc) is 3.17. The van der Waals surface area contributed by atoms with Crippen LogP contribution in [0.15, 0.2) is 76.1 Å². The van der Waals surface area contributed by atoms with Gasteiger partial charge in [0.1, 0.15) is 18.0 Å². The van der Waals surface area contributed by atoms with Gasteiger partial charge in [0, 0.05) is 10.2 Å². The van der Waals surface area contributed by atoms with Crippen LogP contribution in [-0.4, -0.2) is 48.1 Å². The van der Waals surface area contributed by atoms with Gasteiger partial charge in [0.05, 0.1) is 22.7 Å². The van der Waals surface area contributed by atoms with Crippen molar-refractivity contribution in [3.63, 3.8) is 0 Å². The summed E-state index contributed by atoms with van der Waals surface area (Å²) >= 11 is 10.1. The summed E-state index contributed by atoms with van der Waals surface area (Å²) in [7, 11) is 1.52. The minimum atomic E-state index is -0.567. The number of imide groups is 1. The van der Waals surface area contributed by atoms with Gasteiger partial charge in [0.2, 0.25) is 5.91 Å². The van der Waals surface area contributed by atoms with E-state index >= 15 is 0 Å². The molecule has 39 heavy (non-hydrogen) atoms. The maximum absolute atomic E-state index is 12.8. The molecule has 3 aromatic rings. The number of carbonyl (C=O) groups excluding carboxylic acids is 4. The molecule has 4 amide bonds. The van der Waals surface area contributed by atoms with Gasteiger partial charge in [0.25, 0.3) is 17.1 Å². The Morgan fingerprint density at radius 1 is 1.03 bits per heavy atom. The van der Waals surface area contributed by atoms with Crippen molar-refractivity contribution in [3.05, 3.63) is 86.7 Å². The van der Waals surface area contributed by atoms with Crippen LogP contribution in [0.25, 0.3) is 6.08 Å². The molecule has 0 unspecified atom stereocenters. The molecule has 0 aromatic heterocycles. The van der Waals surface area contributed by atoms with Crippen molar-refractivity contribution in [3.8, 4) is 11.5 Å². The van der Waals surface area contributed by atoms with Gasteiger partial charge in [-0.3, -0.25) is 24.1 Å². The topological polar surface area (TPSA) is 114 Å². The second-order valence-electron chi connectivity index (χ2n) is 8.05. The van der Waals surface area contributed by atoms with E-state index in [-0.39, 0.29) is 17.4 Å². The maximum atomic E-state index is 12.8. The van der Waals surface area contributed by atoms with E-state index < -0.39 is 23.6 Å². The third-order valence-corrected chi connectivity index (χ3v) is 7.45. The number of hydrogen-bond acceptors (Lipinski definition) is 7. The Labute approximate surface area is 241 Å². The Morgan fingerprint density at radius 3 is 2.49 bits per heavy atom. The van der Waals surface area contributed by atoms with E-state index in [0.717, 1.165) is 16.7 Å². The van der Waals surface area contributed by atoms with Crippen molar-refractivity contribution < 1.29 is 28.7 Å². The highest BCUT2D eigenvalue weighted by Crippen LogP contribution is 2.32. The lowest BCUT2D eigenvalue weighted by Gasteiger charge is -2.12. The zero-order valence-corrected chi connectivity index (χ0v) is 23.6. The number of nitrogens with one attached hydrogen (secondary N) is 2. The van der Waals surface area contributed by atoms with Crippen LogP contribution in [0.1, 0.15) is 5.56 Å². The number of para-hydroxylation sites is 2. The van der Waals surface area contributed by atoms with E-state index in [4.69, 9.17) is 21.1 Å². The zero-order chi connectivity index (χ0) is 27.9. The molecule has 0 saturated carbocycles. The number of ether oxygens (including phenoxy) is 2. The molecule has 200 valence electrons. The molecule has 1 aliphatic rings. The lowest BCUT2D eigenvalue weighted by atomic mass is 10.2.